The highest BCUT2D eigenvalue weighted by Gasteiger charge is 2.30. The summed E-state index contributed by atoms with van der Waals surface area (Å²) in [7, 11) is 0. The lowest BCUT2D eigenvalue weighted by molar-refractivity contribution is 0.0697. The Morgan fingerprint density at radius 3 is 2.73 bits per heavy atom. The average molecular weight is 296 g/mol. The number of aromatic carboxylic acids is 1. The van der Waals surface area contributed by atoms with Gasteiger partial charge in [0.05, 0.1) is 11.6 Å². The van der Waals surface area contributed by atoms with E-state index in [0.29, 0.717) is 12.1 Å². The molecule has 1 aliphatic rings. The van der Waals surface area contributed by atoms with Crippen LogP contribution in [-0.4, -0.2) is 33.4 Å². The number of pyridine rings is 1. The summed E-state index contributed by atoms with van der Waals surface area (Å²) in [6, 6.07) is 10.0. The summed E-state index contributed by atoms with van der Waals surface area (Å²) in [5.74, 6) is -1.16. The Kier molecular flexibility index (Phi) is 3.87. The molecule has 1 atom stereocenters. The van der Waals surface area contributed by atoms with E-state index in [4.69, 9.17) is 5.11 Å². The van der Waals surface area contributed by atoms with Crippen molar-refractivity contribution < 1.29 is 14.7 Å². The van der Waals surface area contributed by atoms with Crippen LogP contribution in [0.4, 0.5) is 0 Å². The maximum absolute atomic E-state index is 12.7. The van der Waals surface area contributed by atoms with Gasteiger partial charge in [0, 0.05) is 24.5 Å². The average Bonchev–Trinajstić information content (AvgIpc) is 3.04. The summed E-state index contributed by atoms with van der Waals surface area (Å²) in [6.07, 6.45) is 5.32. The summed E-state index contributed by atoms with van der Waals surface area (Å²) < 4.78 is 0. The van der Waals surface area contributed by atoms with Gasteiger partial charge in [0.1, 0.15) is 0 Å². The Morgan fingerprint density at radius 1 is 1.18 bits per heavy atom. The molecule has 1 N–H and O–H groups in total. The Labute approximate surface area is 128 Å². The highest BCUT2D eigenvalue weighted by Crippen LogP contribution is 2.32. The summed E-state index contributed by atoms with van der Waals surface area (Å²) in [6.45, 7) is 0.676. The summed E-state index contributed by atoms with van der Waals surface area (Å²) in [5, 5.41) is 9.05. The predicted octanol–water partition coefficient (Wildman–Crippen LogP) is 2.76. The molecule has 1 aromatic heterocycles. The third-order valence-electron chi connectivity index (χ3n) is 3.94. The second kappa shape index (κ2) is 5.97. The Morgan fingerprint density at radius 2 is 2.00 bits per heavy atom. The maximum Gasteiger partial charge on any atom is 0.335 e. The number of carboxylic acid groups (broad SMARTS) is 1. The fourth-order valence-electron chi connectivity index (χ4n) is 2.88. The molecule has 1 aliphatic heterocycles. The van der Waals surface area contributed by atoms with Gasteiger partial charge in [0.25, 0.3) is 5.91 Å². The molecule has 5 heteroatoms. The molecule has 3 rings (SSSR count). The third-order valence-corrected chi connectivity index (χ3v) is 3.94. The minimum atomic E-state index is -1.03. The fraction of sp³-hybridized carbons (Fsp3) is 0.235. The number of hydrogen-bond acceptors (Lipinski definition) is 3. The molecule has 0 radical (unpaired) electrons. The maximum atomic E-state index is 12.7. The van der Waals surface area contributed by atoms with Gasteiger partial charge in [-0.2, -0.15) is 0 Å². The van der Waals surface area contributed by atoms with E-state index in [-0.39, 0.29) is 17.5 Å². The first kappa shape index (κ1) is 14.3. The van der Waals surface area contributed by atoms with Crippen molar-refractivity contribution in [3.05, 3.63) is 65.5 Å². The molecule has 2 aromatic rings. The first-order chi connectivity index (χ1) is 10.7. The van der Waals surface area contributed by atoms with Crippen LogP contribution in [0, 0.1) is 0 Å². The molecule has 2 heterocycles. The lowest BCUT2D eigenvalue weighted by Gasteiger charge is -2.25. The van der Waals surface area contributed by atoms with Crippen LogP contribution in [0.25, 0.3) is 0 Å². The number of benzene rings is 1. The summed E-state index contributed by atoms with van der Waals surface area (Å²) in [5.41, 5.74) is 1.56. The van der Waals surface area contributed by atoms with Crippen molar-refractivity contribution in [3.63, 3.8) is 0 Å². The summed E-state index contributed by atoms with van der Waals surface area (Å²) in [4.78, 5) is 29.7. The van der Waals surface area contributed by atoms with Crippen molar-refractivity contribution in [1.82, 2.24) is 9.88 Å². The Hall–Kier alpha value is -2.69. The van der Waals surface area contributed by atoms with Crippen LogP contribution in [0.1, 0.15) is 45.2 Å². The van der Waals surface area contributed by atoms with E-state index in [2.05, 4.69) is 4.98 Å². The number of likely N-dealkylation sites (tertiary alicyclic amines) is 1. The van der Waals surface area contributed by atoms with E-state index in [0.717, 1.165) is 18.4 Å². The smallest absolute Gasteiger partial charge is 0.335 e. The first-order valence-corrected chi connectivity index (χ1v) is 7.21. The zero-order valence-electron chi connectivity index (χ0n) is 12.0. The zero-order chi connectivity index (χ0) is 15.5. The molecule has 0 saturated carbocycles. The van der Waals surface area contributed by atoms with Crippen LogP contribution in [0.2, 0.25) is 0 Å². The van der Waals surface area contributed by atoms with E-state index in [1.807, 2.05) is 12.1 Å². The van der Waals surface area contributed by atoms with Crippen molar-refractivity contribution in [1.29, 1.82) is 0 Å². The van der Waals surface area contributed by atoms with Crippen LogP contribution < -0.4 is 0 Å². The largest absolute Gasteiger partial charge is 0.478 e. The van der Waals surface area contributed by atoms with Crippen LogP contribution >= 0.6 is 0 Å². The highest BCUT2D eigenvalue weighted by molar-refractivity contribution is 5.97. The quantitative estimate of drug-likeness (QED) is 0.945. The van der Waals surface area contributed by atoms with Gasteiger partial charge >= 0.3 is 5.97 Å². The van der Waals surface area contributed by atoms with Crippen molar-refractivity contribution in [3.8, 4) is 0 Å². The molecule has 0 aliphatic carbocycles. The molecule has 22 heavy (non-hydrogen) atoms. The van der Waals surface area contributed by atoms with E-state index >= 15 is 0 Å². The van der Waals surface area contributed by atoms with Gasteiger partial charge in [-0.3, -0.25) is 9.78 Å². The van der Waals surface area contributed by atoms with E-state index in [9.17, 15) is 9.59 Å². The van der Waals surface area contributed by atoms with E-state index in [1.54, 1.807) is 29.4 Å². The molecule has 0 bridgehead atoms. The molecule has 112 valence electrons. The zero-order valence-corrected chi connectivity index (χ0v) is 12.0. The number of carboxylic acids is 1. The molecule has 1 fully saturated rings. The molecule has 1 unspecified atom stereocenters. The second-order valence-corrected chi connectivity index (χ2v) is 5.33. The summed E-state index contributed by atoms with van der Waals surface area (Å²) >= 11 is 0. The molecular formula is C17H16N2O3. The first-order valence-electron chi connectivity index (χ1n) is 7.21. The lowest BCUT2D eigenvalue weighted by Crippen LogP contribution is -2.30. The van der Waals surface area contributed by atoms with Gasteiger partial charge < -0.3 is 10.0 Å². The van der Waals surface area contributed by atoms with Crippen LogP contribution in [0.5, 0.6) is 0 Å². The number of nitrogens with zero attached hydrogens (tertiary/aromatic N) is 2. The predicted molar refractivity (Wildman–Crippen MR) is 80.6 cm³/mol. The molecule has 0 spiro atoms. The van der Waals surface area contributed by atoms with Gasteiger partial charge in [0.15, 0.2) is 0 Å². The second-order valence-electron chi connectivity index (χ2n) is 5.33. The lowest BCUT2D eigenvalue weighted by atomic mass is 10.1. The van der Waals surface area contributed by atoms with Crippen molar-refractivity contribution in [2.75, 3.05) is 6.54 Å². The third kappa shape index (κ3) is 2.70. The van der Waals surface area contributed by atoms with Gasteiger partial charge in [-0.25, -0.2) is 4.79 Å². The topological polar surface area (TPSA) is 70.5 Å². The van der Waals surface area contributed by atoms with Crippen LogP contribution in [0.3, 0.4) is 0 Å². The van der Waals surface area contributed by atoms with Gasteiger partial charge in [-0.15, -0.1) is 0 Å². The molecule has 1 aromatic carbocycles. The van der Waals surface area contributed by atoms with E-state index in [1.165, 1.54) is 12.1 Å². The monoisotopic (exact) mass is 296 g/mol. The minimum Gasteiger partial charge on any atom is -0.478 e. The normalized spacial score (nSPS) is 17.5. The van der Waals surface area contributed by atoms with E-state index < -0.39 is 5.97 Å². The van der Waals surface area contributed by atoms with Crippen LogP contribution in [-0.2, 0) is 0 Å². The van der Waals surface area contributed by atoms with Crippen LogP contribution in [0.15, 0.2) is 48.8 Å². The number of rotatable bonds is 3. The molecule has 1 amide bonds. The Balaban J connectivity index is 1.88. The number of aromatic nitrogens is 1. The van der Waals surface area contributed by atoms with Gasteiger partial charge in [0.2, 0.25) is 0 Å². The number of hydrogen-bond donors (Lipinski definition) is 1. The number of amides is 1. The van der Waals surface area contributed by atoms with Gasteiger partial charge in [-0.1, -0.05) is 12.1 Å². The molecular weight excluding hydrogens is 280 g/mol. The van der Waals surface area contributed by atoms with Gasteiger partial charge in [-0.05, 0) is 42.7 Å². The Bertz CT molecular complexity index is 700. The highest BCUT2D eigenvalue weighted by atomic mass is 16.4. The molecule has 1 saturated heterocycles. The van der Waals surface area contributed by atoms with Crippen molar-refractivity contribution in [2.24, 2.45) is 0 Å². The SMILES string of the molecule is O=C(O)c1cccc(C(=O)N2CCCC2c2cccnc2)c1. The van der Waals surface area contributed by atoms with Crippen molar-refractivity contribution >= 4 is 11.9 Å². The number of carbonyl (C=O) groups is 2. The standard InChI is InChI=1S/C17H16N2O3/c20-16(12-4-1-5-13(10-12)17(21)22)19-9-3-7-15(19)14-6-2-8-18-11-14/h1-2,4-6,8,10-11,15H,3,7,9H2,(H,21,22). The van der Waals surface area contributed by atoms with Crippen molar-refractivity contribution in [2.45, 2.75) is 18.9 Å². The molecule has 5 nitrogen and oxygen atoms in total. The number of carbonyl (C=O) groups excluding carboxylic acids is 1. The fourth-order valence-corrected chi connectivity index (χ4v) is 2.88. The minimum absolute atomic E-state index is 0.00897.